The molecular weight excluding hydrogens is 508 g/mol. The second-order valence-electron chi connectivity index (χ2n) is 10.5. The topological polar surface area (TPSA) is 17.1 Å². The molecule has 0 N–H and O–H groups in total. The van der Waals surface area contributed by atoms with Gasteiger partial charge in [-0.05, 0) is 73.8 Å². The van der Waals surface area contributed by atoms with E-state index in [4.69, 9.17) is 11.6 Å². The van der Waals surface area contributed by atoms with Crippen molar-refractivity contribution in [3.8, 4) is 33.4 Å². The molecule has 0 radical (unpaired) electrons. The Morgan fingerprint density at radius 2 is 1.02 bits per heavy atom. The quantitative estimate of drug-likeness (QED) is 0.217. The third-order valence-corrected chi connectivity index (χ3v) is 8.88. The Bertz CT molecular complexity index is 1970. The van der Waals surface area contributed by atoms with E-state index in [0.29, 0.717) is 5.02 Å². The van der Waals surface area contributed by atoms with Gasteiger partial charge in [0.15, 0.2) is 5.78 Å². The van der Waals surface area contributed by atoms with Crippen molar-refractivity contribution in [1.29, 1.82) is 0 Å². The molecule has 0 saturated heterocycles. The van der Waals surface area contributed by atoms with Crippen molar-refractivity contribution in [3.63, 3.8) is 0 Å². The number of carbonyl (C=O) groups is 1. The van der Waals surface area contributed by atoms with E-state index < -0.39 is 5.41 Å². The lowest BCUT2D eigenvalue weighted by molar-refractivity contribution is 0.103. The maximum atomic E-state index is 14.4. The number of benzene rings is 6. The average molecular weight is 531 g/mol. The highest BCUT2D eigenvalue weighted by Gasteiger charge is 2.52. The van der Waals surface area contributed by atoms with E-state index in [-0.39, 0.29) is 5.78 Å². The van der Waals surface area contributed by atoms with Crippen molar-refractivity contribution in [2.24, 2.45) is 0 Å². The largest absolute Gasteiger partial charge is 0.289 e. The second kappa shape index (κ2) is 8.64. The summed E-state index contributed by atoms with van der Waals surface area (Å²) in [5.41, 5.74) is 11.5. The van der Waals surface area contributed by atoms with Gasteiger partial charge in [0.2, 0.25) is 0 Å². The third kappa shape index (κ3) is 3.07. The van der Waals surface area contributed by atoms with Crippen molar-refractivity contribution >= 4 is 17.4 Å². The van der Waals surface area contributed by atoms with Crippen LogP contribution in [0.4, 0.5) is 0 Å². The van der Waals surface area contributed by atoms with E-state index in [1.165, 1.54) is 0 Å². The molecule has 40 heavy (non-hydrogen) atoms. The number of hydrogen-bond acceptors (Lipinski definition) is 1. The minimum atomic E-state index is -0.719. The zero-order valence-electron chi connectivity index (χ0n) is 21.6. The Labute approximate surface area is 238 Å². The molecular formula is C38H23ClO. The predicted molar refractivity (Wildman–Crippen MR) is 163 cm³/mol. The summed E-state index contributed by atoms with van der Waals surface area (Å²) in [6, 6.07) is 48.0. The summed E-state index contributed by atoms with van der Waals surface area (Å²) in [6.07, 6.45) is 0. The fraction of sp³-hybridized carbons (Fsp3) is 0.0263. The molecule has 0 bridgehead atoms. The van der Waals surface area contributed by atoms with Crippen LogP contribution in [0.25, 0.3) is 33.4 Å². The summed E-state index contributed by atoms with van der Waals surface area (Å²) >= 11 is 7.15. The van der Waals surface area contributed by atoms with Gasteiger partial charge in [0.05, 0.1) is 5.41 Å². The molecule has 6 aromatic carbocycles. The molecule has 0 saturated carbocycles. The van der Waals surface area contributed by atoms with Crippen molar-refractivity contribution in [2.45, 2.75) is 5.41 Å². The van der Waals surface area contributed by atoms with Crippen LogP contribution in [-0.2, 0) is 5.41 Å². The molecule has 0 aliphatic heterocycles. The summed E-state index contributed by atoms with van der Waals surface area (Å²) < 4.78 is 0. The first-order valence-electron chi connectivity index (χ1n) is 13.5. The third-order valence-electron chi connectivity index (χ3n) is 8.56. The van der Waals surface area contributed by atoms with E-state index in [9.17, 15) is 4.79 Å². The first-order chi connectivity index (χ1) is 19.7. The smallest absolute Gasteiger partial charge is 0.193 e. The van der Waals surface area contributed by atoms with Gasteiger partial charge >= 0.3 is 0 Å². The van der Waals surface area contributed by atoms with Crippen LogP contribution in [0.3, 0.4) is 0 Å². The Balaban J connectivity index is 1.52. The van der Waals surface area contributed by atoms with Crippen LogP contribution >= 0.6 is 11.6 Å². The van der Waals surface area contributed by atoms with Crippen LogP contribution in [0.2, 0.25) is 5.02 Å². The standard InChI is InChI=1S/C38H23ClO/c39-35-17-9-15-29-28-14-7-8-16-32(28)38(36(29)35)33-21-19-26(24-10-3-1-4-11-24)22-31(33)37(40)30-20-18-27(23-34(30)38)25-12-5-2-6-13-25/h1-23H/t38-/m0/s1. The first kappa shape index (κ1) is 23.2. The summed E-state index contributed by atoms with van der Waals surface area (Å²) in [6.45, 7) is 0. The molecule has 1 spiro atoms. The molecule has 0 aromatic heterocycles. The van der Waals surface area contributed by atoms with Crippen LogP contribution in [-0.4, -0.2) is 5.78 Å². The Morgan fingerprint density at radius 3 is 1.77 bits per heavy atom. The van der Waals surface area contributed by atoms with Crippen molar-refractivity contribution in [3.05, 3.63) is 178 Å². The molecule has 2 aliphatic rings. The monoisotopic (exact) mass is 530 g/mol. The normalized spacial score (nSPS) is 16.3. The highest BCUT2D eigenvalue weighted by Crippen LogP contribution is 2.61. The molecule has 0 heterocycles. The Hall–Kier alpha value is -4.72. The molecule has 2 aliphatic carbocycles. The van der Waals surface area contributed by atoms with Crippen molar-refractivity contribution < 1.29 is 4.79 Å². The van der Waals surface area contributed by atoms with Crippen LogP contribution in [0.1, 0.15) is 38.2 Å². The Morgan fingerprint density at radius 1 is 0.425 bits per heavy atom. The van der Waals surface area contributed by atoms with Gasteiger partial charge in [-0.25, -0.2) is 0 Å². The second-order valence-corrected chi connectivity index (χ2v) is 10.9. The first-order valence-corrected chi connectivity index (χ1v) is 13.9. The van der Waals surface area contributed by atoms with E-state index in [2.05, 4.69) is 84.9 Å². The summed E-state index contributed by atoms with van der Waals surface area (Å²) in [5.74, 6) is 0.0472. The van der Waals surface area contributed by atoms with E-state index >= 15 is 0 Å². The van der Waals surface area contributed by atoms with Gasteiger partial charge in [0.1, 0.15) is 0 Å². The SMILES string of the molecule is O=C1c2cc(-c3ccccc3)ccc2[C@]2(c3cc(-c4ccccc4)ccc31)c1ccccc1-c1cccc(Cl)c12. The van der Waals surface area contributed by atoms with E-state index in [1.807, 2.05) is 54.6 Å². The van der Waals surface area contributed by atoms with Crippen LogP contribution in [0, 0.1) is 0 Å². The number of hydrogen-bond donors (Lipinski definition) is 0. The van der Waals surface area contributed by atoms with E-state index in [0.717, 1.165) is 66.8 Å². The minimum absolute atomic E-state index is 0.0472. The van der Waals surface area contributed by atoms with Gasteiger partial charge in [-0.15, -0.1) is 0 Å². The predicted octanol–water partition coefficient (Wildman–Crippen LogP) is 9.58. The number of ketones is 1. The van der Waals surface area contributed by atoms with Crippen LogP contribution in [0.15, 0.2) is 140 Å². The molecule has 0 unspecified atom stereocenters. The molecule has 2 heteroatoms. The number of halogens is 1. The van der Waals surface area contributed by atoms with Gasteiger partial charge in [0, 0.05) is 16.1 Å². The molecule has 8 rings (SSSR count). The van der Waals surface area contributed by atoms with E-state index in [1.54, 1.807) is 0 Å². The van der Waals surface area contributed by atoms with Gasteiger partial charge in [-0.2, -0.15) is 0 Å². The highest BCUT2D eigenvalue weighted by atomic mass is 35.5. The Kier molecular flexibility index (Phi) is 5.01. The maximum Gasteiger partial charge on any atom is 0.193 e. The van der Waals surface area contributed by atoms with Crippen LogP contribution < -0.4 is 0 Å². The van der Waals surface area contributed by atoms with Gasteiger partial charge in [-0.1, -0.05) is 133 Å². The number of carbonyl (C=O) groups excluding carboxylic acids is 1. The van der Waals surface area contributed by atoms with Gasteiger partial charge in [-0.3, -0.25) is 4.79 Å². The minimum Gasteiger partial charge on any atom is -0.289 e. The lowest BCUT2D eigenvalue weighted by Crippen LogP contribution is -2.36. The van der Waals surface area contributed by atoms with Gasteiger partial charge < -0.3 is 0 Å². The molecule has 0 fully saturated rings. The molecule has 188 valence electrons. The lowest BCUT2D eigenvalue weighted by atomic mass is 9.60. The van der Waals surface area contributed by atoms with Crippen molar-refractivity contribution in [2.75, 3.05) is 0 Å². The van der Waals surface area contributed by atoms with Crippen molar-refractivity contribution in [1.82, 2.24) is 0 Å². The molecule has 0 amide bonds. The lowest BCUT2D eigenvalue weighted by Gasteiger charge is -2.40. The molecule has 1 nitrogen and oxygen atoms in total. The molecule has 6 aromatic rings. The summed E-state index contributed by atoms with van der Waals surface area (Å²) in [4.78, 5) is 14.4. The summed E-state index contributed by atoms with van der Waals surface area (Å²) in [7, 11) is 0. The average Bonchev–Trinajstić information content (AvgIpc) is 3.32. The highest BCUT2D eigenvalue weighted by molar-refractivity contribution is 6.32. The fourth-order valence-electron chi connectivity index (χ4n) is 6.89. The molecule has 1 atom stereocenters. The maximum absolute atomic E-state index is 14.4. The zero-order chi connectivity index (χ0) is 26.8. The number of fused-ring (bicyclic) bond motifs is 9. The fourth-order valence-corrected chi connectivity index (χ4v) is 7.21. The van der Waals surface area contributed by atoms with Gasteiger partial charge in [0.25, 0.3) is 0 Å². The summed E-state index contributed by atoms with van der Waals surface area (Å²) in [5, 5.41) is 0.706. The van der Waals surface area contributed by atoms with Crippen LogP contribution in [0.5, 0.6) is 0 Å². The number of rotatable bonds is 2. The zero-order valence-corrected chi connectivity index (χ0v) is 22.3.